The molecule has 106 valence electrons. The van der Waals surface area contributed by atoms with Gasteiger partial charge in [0.15, 0.2) is 0 Å². The van der Waals surface area contributed by atoms with E-state index in [1.54, 1.807) is 0 Å². The maximum absolute atomic E-state index is 11.8. The van der Waals surface area contributed by atoms with Crippen molar-refractivity contribution in [1.29, 1.82) is 0 Å². The number of amides is 1. The van der Waals surface area contributed by atoms with Gasteiger partial charge in [-0.2, -0.15) is 0 Å². The zero-order valence-corrected chi connectivity index (χ0v) is 11.8. The average molecular weight is 265 g/mol. The van der Waals surface area contributed by atoms with E-state index in [-0.39, 0.29) is 18.6 Å². The Morgan fingerprint density at radius 1 is 1.32 bits per heavy atom. The minimum atomic E-state index is -0.465. The summed E-state index contributed by atoms with van der Waals surface area (Å²) in [6, 6.07) is 9.43. The van der Waals surface area contributed by atoms with Gasteiger partial charge < -0.3 is 15.2 Å². The monoisotopic (exact) mass is 265 g/mol. The third kappa shape index (κ3) is 5.85. The molecule has 0 aromatic heterocycles. The summed E-state index contributed by atoms with van der Waals surface area (Å²) in [7, 11) is 0. The van der Waals surface area contributed by atoms with Crippen LogP contribution in [0.1, 0.15) is 26.3 Å². The highest BCUT2D eigenvalue weighted by Gasteiger charge is 2.23. The van der Waals surface area contributed by atoms with Crippen LogP contribution in [0.15, 0.2) is 30.3 Å². The van der Waals surface area contributed by atoms with Crippen molar-refractivity contribution >= 4 is 5.91 Å². The fraction of sp³-hybridized carbons (Fsp3) is 0.533. The normalized spacial score (nSPS) is 13.1. The van der Waals surface area contributed by atoms with Crippen molar-refractivity contribution in [2.24, 2.45) is 5.41 Å². The molecule has 0 bridgehead atoms. The van der Waals surface area contributed by atoms with Gasteiger partial charge in [-0.15, -0.1) is 0 Å². The Morgan fingerprint density at radius 2 is 1.95 bits per heavy atom. The second-order valence-corrected chi connectivity index (χ2v) is 5.60. The fourth-order valence-electron chi connectivity index (χ4n) is 1.44. The quantitative estimate of drug-likeness (QED) is 0.823. The highest BCUT2D eigenvalue weighted by Crippen LogP contribution is 2.12. The van der Waals surface area contributed by atoms with Gasteiger partial charge in [-0.25, -0.2) is 0 Å². The number of nitrogens with one attached hydrogen (secondary N) is 1. The van der Waals surface area contributed by atoms with E-state index < -0.39 is 5.41 Å². The third-order valence-electron chi connectivity index (χ3n) is 2.67. The lowest BCUT2D eigenvalue weighted by Crippen LogP contribution is -2.45. The van der Waals surface area contributed by atoms with Gasteiger partial charge in [0.25, 0.3) is 0 Å². The van der Waals surface area contributed by atoms with E-state index >= 15 is 0 Å². The van der Waals surface area contributed by atoms with Crippen LogP contribution >= 0.6 is 0 Å². The second-order valence-electron chi connectivity index (χ2n) is 5.60. The number of carbonyl (C=O) groups is 1. The summed E-state index contributed by atoms with van der Waals surface area (Å²) >= 11 is 0. The molecule has 4 nitrogen and oxygen atoms in total. The number of benzene rings is 1. The molecule has 1 rings (SSSR count). The summed E-state index contributed by atoms with van der Waals surface area (Å²) in [4.78, 5) is 11.8. The summed E-state index contributed by atoms with van der Waals surface area (Å²) in [5.41, 5.74) is 0.605. The number of hydrogen-bond donors (Lipinski definition) is 2. The second kappa shape index (κ2) is 7.26. The number of ether oxygens (including phenoxy) is 1. The molecule has 1 unspecified atom stereocenters. The molecule has 0 aliphatic rings. The Morgan fingerprint density at radius 3 is 2.47 bits per heavy atom. The Kier molecular flexibility index (Phi) is 5.99. The smallest absolute Gasteiger partial charge is 0.225 e. The molecule has 2 N–H and O–H groups in total. The van der Waals surface area contributed by atoms with Crippen molar-refractivity contribution < 1.29 is 14.6 Å². The van der Waals surface area contributed by atoms with Gasteiger partial charge in [-0.1, -0.05) is 51.1 Å². The van der Waals surface area contributed by atoms with Crippen molar-refractivity contribution in [3.63, 3.8) is 0 Å². The molecule has 19 heavy (non-hydrogen) atoms. The van der Waals surface area contributed by atoms with Crippen molar-refractivity contribution in [3.8, 4) is 0 Å². The molecule has 0 saturated heterocycles. The molecule has 0 aliphatic carbocycles. The molecule has 0 heterocycles. The molecule has 0 radical (unpaired) electrons. The van der Waals surface area contributed by atoms with Crippen LogP contribution in [0.5, 0.6) is 0 Å². The lowest BCUT2D eigenvalue weighted by atomic mass is 9.95. The van der Waals surface area contributed by atoms with Gasteiger partial charge in [-0.3, -0.25) is 4.79 Å². The topological polar surface area (TPSA) is 58.6 Å². The van der Waals surface area contributed by atoms with Gasteiger partial charge in [0, 0.05) is 5.41 Å². The molecule has 0 spiro atoms. The van der Waals surface area contributed by atoms with E-state index in [4.69, 9.17) is 4.74 Å². The number of hydrogen-bond acceptors (Lipinski definition) is 3. The van der Waals surface area contributed by atoms with Crippen LogP contribution in [0.2, 0.25) is 0 Å². The van der Waals surface area contributed by atoms with Crippen LogP contribution in [0.3, 0.4) is 0 Å². The number of carbonyl (C=O) groups excluding carboxylic acids is 1. The molecule has 0 fully saturated rings. The fourth-order valence-corrected chi connectivity index (χ4v) is 1.44. The average Bonchev–Trinajstić information content (AvgIpc) is 2.37. The Bertz CT molecular complexity index is 384. The zero-order chi connectivity index (χ0) is 14.3. The van der Waals surface area contributed by atoms with E-state index in [9.17, 15) is 9.90 Å². The lowest BCUT2D eigenvalue weighted by molar-refractivity contribution is -0.130. The van der Waals surface area contributed by atoms with Crippen molar-refractivity contribution in [2.75, 3.05) is 13.2 Å². The zero-order valence-electron chi connectivity index (χ0n) is 11.8. The van der Waals surface area contributed by atoms with Gasteiger partial charge in [0.05, 0.1) is 25.9 Å². The predicted octanol–water partition coefficient (Wildman–Crippen LogP) is 1.73. The van der Waals surface area contributed by atoms with Gasteiger partial charge >= 0.3 is 0 Å². The van der Waals surface area contributed by atoms with Crippen LogP contribution in [-0.2, 0) is 16.1 Å². The van der Waals surface area contributed by atoms with E-state index in [2.05, 4.69) is 5.32 Å². The molecular weight excluding hydrogens is 242 g/mol. The molecule has 4 heteroatoms. The largest absolute Gasteiger partial charge is 0.394 e. The highest BCUT2D eigenvalue weighted by atomic mass is 16.5. The molecule has 1 aromatic carbocycles. The number of aliphatic hydroxyl groups is 1. The summed E-state index contributed by atoms with van der Waals surface area (Å²) in [6.45, 7) is 6.15. The lowest BCUT2D eigenvalue weighted by Gasteiger charge is -2.23. The summed E-state index contributed by atoms with van der Waals surface area (Å²) in [5.74, 6) is -0.0881. The first-order valence-electron chi connectivity index (χ1n) is 6.47. The third-order valence-corrected chi connectivity index (χ3v) is 2.67. The summed E-state index contributed by atoms with van der Waals surface area (Å²) < 4.78 is 5.51. The van der Waals surface area contributed by atoms with Crippen molar-refractivity contribution in [3.05, 3.63) is 35.9 Å². The molecule has 1 atom stereocenters. The summed E-state index contributed by atoms with van der Waals surface area (Å²) in [5, 5.41) is 12.0. The number of aliphatic hydroxyl groups excluding tert-OH is 1. The van der Waals surface area contributed by atoms with Crippen LogP contribution in [0.4, 0.5) is 0 Å². The standard InChI is InChI=1S/C15H23NO3/c1-15(2,3)14(18)16-13(9-17)11-19-10-12-7-5-4-6-8-12/h4-8,13,17H,9-11H2,1-3H3,(H,16,18). The molecule has 0 saturated carbocycles. The molecular formula is C15H23NO3. The van der Waals surface area contributed by atoms with Crippen molar-refractivity contribution in [2.45, 2.75) is 33.4 Å². The first-order valence-corrected chi connectivity index (χ1v) is 6.47. The van der Waals surface area contributed by atoms with E-state index in [0.717, 1.165) is 5.56 Å². The van der Waals surface area contributed by atoms with Gasteiger partial charge in [0.1, 0.15) is 0 Å². The number of rotatable bonds is 6. The molecule has 0 aliphatic heterocycles. The SMILES string of the molecule is CC(C)(C)C(=O)NC(CO)COCc1ccccc1. The predicted molar refractivity (Wildman–Crippen MR) is 74.6 cm³/mol. The maximum Gasteiger partial charge on any atom is 0.225 e. The Hall–Kier alpha value is -1.39. The van der Waals surface area contributed by atoms with E-state index in [0.29, 0.717) is 13.2 Å². The minimum Gasteiger partial charge on any atom is -0.394 e. The van der Waals surface area contributed by atoms with Crippen LogP contribution < -0.4 is 5.32 Å². The van der Waals surface area contributed by atoms with Crippen LogP contribution in [0.25, 0.3) is 0 Å². The first kappa shape index (κ1) is 15.7. The highest BCUT2D eigenvalue weighted by molar-refractivity contribution is 5.81. The van der Waals surface area contributed by atoms with Crippen LogP contribution in [0, 0.1) is 5.41 Å². The maximum atomic E-state index is 11.8. The molecule has 1 aromatic rings. The van der Waals surface area contributed by atoms with Gasteiger partial charge in [0.2, 0.25) is 5.91 Å². The Labute approximate surface area is 114 Å². The molecule has 1 amide bonds. The first-order chi connectivity index (χ1) is 8.93. The van der Waals surface area contributed by atoms with Crippen LogP contribution in [-0.4, -0.2) is 30.3 Å². The van der Waals surface area contributed by atoms with E-state index in [1.165, 1.54) is 0 Å². The van der Waals surface area contributed by atoms with Crippen molar-refractivity contribution in [1.82, 2.24) is 5.32 Å². The van der Waals surface area contributed by atoms with E-state index in [1.807, 2.05) is 51.1 Å². The summed E-state index contributed by atoms with van der Waals surface area (Å²) in [6.07, 6.45) is 0. The van der Waals surface area contributed by atoms with Gasteiger partial charge in [-0.05, 0) is 5.56 Å². The minimum absolute atomic E-state index is 0.0881. The Balaban J connectivity index is 2.35.